The molecule has 1 amide bonds. The van der Waals surface area contributed by atoms with Crippen LogP contribution in [0.3, 0.4) is 0 Å². The highest BCUT2D eigenvalue weighted by Gasteiger charge is 2.32. The van der Waals surface area contributed by atoms with Crippen LogP contribution in [-0.2, 0) is 6.18 Å². The molecule has 2 heterocycles. The lowest BCUT2D eigenvalue weighted by atomic mass is 10.1. The van der Waals surface area contributed by atoms with E-state index in [0.717, 1.165) is 42.7 Å². The Balaban J connectivity index is 2.04. The Bertz CT molecular complexity index is 801. The number of rotatable bonds is 1. The summed E-state index contributed by atoms with van der Waals surface area (Å²) in [6.45, 7) is 1.27. The fourth-order valence-corrected chi connectivity index (χ4v) is 3.58. The van der Waals surface area contributed by atoms with E-state index in [2.05, 4.69) is 4.98 Å². The van der Waals surface area contributed by atoms with Crippen LogP contribution in [0.25, 0.3) is 10.2 Å². The Morgan fingerprint density at radius 2 is 1.96 bits per heavy atom. The van der Waals surface area contributed by atoms with Crippen molar-refractivity contribution in [1.82, 2.24) is 9.88 Å². The van der Waals surface area contributed by atoms with Gasteiger partial charge in [0.1, 0.15) is 6.07 Å². The van der Waals surface area contributed by atoms with Crippen LogP contribution in [0.15, 0.2) is 12.1 Å². The average molecular weight is 339 g/mol. The van der Waals surface area contributed by atoms with Gasteiger partial charge in [-0.2, -0.15) is 18.4 Å². The van der Waals surface area contributed by atoms with Gasteiger partial charge in [-0.1, -0.05) is 0 Å². The molecule has 120 valence electrons. The number of halogens is 3. The molecule has 1 fully saturated rings. The molecule has 23 heavy (non-hydrogen) atoms. The highest BCUT2D eigenvalue weighted by atomic mass is 32.1. The number of carbonyl (C=O) groups is 1. The fourth-order valence-electron chi connectivity index (χ4n) is 2.60. The van der Waals surface area contributed by atoms with E-state index >= 15 is 0 Å². The largest absolute Gasteiger partial charge is 0.416 e. The number of piperidine rings is 1. The number of nitrogens with zero attached hydrogens (tertiary/aromatic N) is 3. The number of fused-ring (bicyclic) bond motifs is 1. The maximum absolute atomic E-state index is 12.9. The topological polar surface area (TPSA) is 57.0 Å². The molecule has 1 saturated heterocycles. The Kier molecular flexibility index (Phi) is 3.98. The Morgan fingerprint density at radius 1 is 1.26 bits per heavy atom. The molecule has 1 aromatic carbocycles. The molecule has 0 N–H and O–H groups in total. The van der Waals surface area contributed by atoms with E-state index in [4.69, 9.17) is 5.26 Å². The third-order valence-electron chi connectivity index (χ3n) is 3.76. The Morgan fingerprint density at radius 3 is 2.57 bits per heavy atom. The molecule has 0 atom stereocenters. The Labute approximate surface area is 134 Å². The number of benzene rings is 1. The molecule has 2 aromatic rings. The van der Waals surface area contributed by atoms with Crippen molar-refractivity contribution in [2.24, 2.45) is 0 Å². The molecule has 0 bridgehead atoms. The predicted octanol–water partition coefficient (Wildman–Crippen LogP) is 3.81. The summed E-state index contributed by atoms with van der Waals surface area (Å²) in [7, 11) is 0. The van der Waals surface area contributed by atoms with Gasteiger partial charge in [0.05, 0.1) is 21.3 Å². The number of amides is 1. The highest BCUT2D eigenvalue weighted by molar-refractivity contribution is 7.20. The normalized spacial score (nSPS) is 15.7. The van der Waals surface area contributed by atoms with Gasteiger partial charge in [-0.05, 0) is 31.4 Å². The van der Waals surface area contributed by atoms with E-state index in [1.807, 2.05) is 0 Å². The number of alkyl halides is 3. The predicted molar refractivity (Wildman–Crippen MR) is 79.1 cm³/mol. The van der Waals surface area contributed by atoms with Crippen LogP contribution in [0.4, 0.5) is 13.2 Å². The van der Waals surface area contributed by atoms with Crippen LogP contribution in [0.5, 0.6) is 0 Å². The van der Waals surface area contributed by atoms with Crippen LogP contribution in [-0.4, -0.2) is 28.9 Å². The lowest BCUT2D eigenvalue weighted by molar-refractivity contribution is -0.137. The van der Waals surface area contributed by atoms with E-state index in [0.29, 0.717) is 17.8 Å². The monoisotopic (exact) mass is 339 g/mol. The number of likely N-dealkylation sites (tertiary alicyclic amines) is 1. The van der Waals surface area contributed by atoms with Crippen molar-refractivity contribution in [1.29, 1.82) is 5.26 Å². The van der Waals surface area contributed by atoms with Crippen LogP contribution in [0, 0.1) is 11.3 Å². The van der Waals surface area contributed by atoms with Crippen LogP contribution in [0.2, 0.25) is 0 Å². The lowest BCUT2D eigenvalue weighted by Gasteiger charge is -2.25. The zero-order chi connectivity index (χ0) is 16.6. The molecule has 1 aliphatic heterocycles. The van der Waals surface area contributed by atoms with E-state index in [-0.39, 0.29) is 22.0 Å². The number of nitriles is 1. The Hall–Kier alpha value is -2.14. The molecule has 1 aromatic heterocycles. The summed E-state index contributed by atoms with van der Waals surface area (Å²) >= 11 is 0.977. The van der Waals surface area contributed by atoms with Gasteiger partial charge < -0.3 is 4.90 Å². The van der Waals surface area contributed by atoms with Crippen molar-refractivity contribution in [3.05, 3.63) is 28.3 Å². The minimum absolute atomic E-state index is 0.0433. The second-order valence-corrected chi connectivity index (χ2v) is 6.35. The minimum atomic E-state index is -4.56. The second-order valence-electron chi connectivity index (χ2n) is 5.35. The molecule has 0 radical (unpaired) electrons. The third kappa shape index (κ3) is 3.01. The summed E-state index contributed by atoms with van der Waals surface area (Å²) in [6.07, 6.45) is -1.66. The third-order valence-corrected chi connectivity index (χ3v) is 4.86. The van der Waals surface area contributed by atoms with Gasteiger partial charge in [-0.3, -0.25) is 4.79 Å². The number of aromatic nitrogens is 1. The van der Waals surface area contributed by atoms with Crippen LogP contribution < -0.4 is 0 Å². The summed E-state index contributed by atoms with van der Waals surface area (Å²) in [4.78, 5) is 18.1. The SMILES string of the molecule is N#Cc1cc(C(F)(F)F)cc2nc(C(=O)N3CCCCC3)sc12. The minimum Gasteiger partial charge on any atom is -0.337 e. The molecule has 0 unspecified atom stereocenters. The molecule has 0 spiro atoms. The zero-order valence-corrected chi connectivity index (χ0v) is 12.8. The number of hydrogen-bond donors (Lipinski definition) is 0. The highest BCUT2D eigenvalue weighted by Crippen LogP contribution is 2.35. The van der Waals surface area contributed by atoms with Crippen molar-refractivity contribution in [3.8, 4) is 6.07 Å². The molecule has 8 heteroatoms. The summed E-state index contributed by atoms with van der Waals surface area (Å²) in [5.41, 5.74) is -0.990. The molecule has 1 aliphatic rings. The summed E-state index contributed by atoms with van der Waals surface area (Å²) in [5, 5.41) is 9.23. The first-order valence-electron chi connectivity index (χ1n) is 7.11. The lowest BCUT2D eigenvalue weighted by Crippen LogP contribution is -2.35. The fraction of sp³-hybridized carbons (Fsp3) is 0.400. The van der Waals surface area contributed by atoms with E-state index in [9.17, 15) is 18.0 Å². The van der Waals surface area contributed by atoms with Crippen molar-refractivity contribution in [3.63, 3.8) is 0 Å². The van der Waals surface area contributed by atoms with Gasteiger partial charge in [0.15, 0.2) is 5.01 Å². The first-order valence-corrected chi connectivity index (χ1v) is 7.93. The standard InChI is InChI=1S/C15H12F3N3OS/c16-15(17,18)10-6-9(8-19)12-11(7-10)20-13(23-12)14(22)21-4-2-1-3-5-21/h6-7H,1-5H2. The molecule has 0 saturated carbocycles. The van der Waals surface area contributed by atoms with Crippen molar-refractivity contribution >= 4 is 27.5 Å². The van der Waals surface area contributed by atoms with Gasteiger partial charge >= 0.3 is 6.18 Å². The molecular weight excluding hydrogens is 327 g/mol. The maximum Gasteiger partial charge on any atom is 0.416 e. The van der Waals surface area contributed by atoms with Gasteiger partial charge in [-0.15, -0.1) is 11.3 Å². The van der Waals surface area contributed by atoms with Gasteiger partial charge in [0.2, 0.25) is 0 Å². The van der Waals surface area contributed by atoms with E-state index in [1.54, 1.807) is 11.0 Å². The van der Waals surface area contributed by atoms with Gasteiger partial charge in [-0.25, -0.2) is 4.98 Å². The van der Waals surface area contributed by atoms with Crippen molar-refractivity contribution in [2.75, 3.05) is 13.1 Å². The quantitative estimate of drug-likeness (QED) is 0.794. The first kappa shape index (κ1) is 15.7. The molecule has 0 aliphatic carbocycles. The first-order chi connectivity index (χ1) is 10.9. The van der Waals surface area contributed by atoms with E-state index < -0.39 is 11.7 Å². The maximum atomic E-state index is 12.9. The summed E-state index contributed by atoms with van der Waals surface area (Å²) in [5.74, 6) is -0.275. The zero-order valence-electron chi connectivity index (χ0n) is 12.0. The molecule has 3 rings (SSSR count). The van der Waals surface area contributed by atoms with E-state index in [1.165, 1.54) is 0 Å². The van der Waals surface area contributed by atoms with Gasteiger partial charge in [0.25, 0.3) is 5.91 Å². The average Bonchev–Trinajstić information content (AvgIpc) is 2.97. The summed E-state index contributed by atoms with van der Waals surface area (Å²) < 4.78 is 39.0. The number of hydrogen-bond acceptors (Lipinski definition) is 4. The number of carbonyl (C=O) groups excluding carboxylic acids is 1. The summed E-state index contributed by atoms with van der Waals surface area (Å²) in [6, 6.07) is 3.45. The van der Waals surface area contributed by atoms with Crippen molar-refractivity contribution < 1.29 is 18.0 Å². The van der Waals surface area contributed by atoms with Gasteiger partial charge in [0, 0.05) is 13.1 Å². The van der Waals surface area contributed by atoms with Crippen LogP contribution >= 0.6 is 11.3 Å². The number of thiazole rings is 1. The second kappa shape index (κ2) is 5.81. The molecule has 4 nitrogen and oxygen atoms in total. The van der Waals surface area contributed by atoms with Crippen molar-refractivity contribution in [2.45, 2.75) is 25.4 Å². The smallest absolute Gasteiger partial charge is 0.337 e. The van der Waals surface area contributed by atoms with Crippen LogP contribution in [0.1, 0.15) is 40.2 Å². The molecular formula is C15H12F3N3OS.